The summed E-state index contributed by atoms with van der Waals surface area (Å²) in [4.78, 5) is 112. The highest BCUT2D eigenvalue weighted by Crippen LogP contribution is 2.41. The van der Waals surface area contributed by atoms with Crippen LogP contribution < -0.4 is 30.1 Å². The number of nitrogens with one attached hydrogen (secondary N) is 4. The second-order valence-electron chi connectivity index (χ2n) is 24.8. The lowest BCUT2D eigenvalue weighted by molar-refractivity contribution is -0.143. The van der Waals surface area contributed by atoms with Crippen LogP contribution in [0.5, 0.6) is 11.5 Å². The molecule has 0 aromatic heterocycles. The Hall–Kier alpha value is -6.69. The van der Waals surface area contributed by atoms with Crippen molar-refractivity contribution >= 4 is 58.2 Å². The highest BCUT2D eigenvalue weighted by atomic mass is 32.2. The van der Waals surface area contributed by atoms with Crippen molar-refractivity contribution in [2.75, 3.05) is 32.4 Å². The van der Waals surface area contributed by atoms with Crippen LogP contribution in [0, 0.1) is 0 Å². The molecule has 2 aromatic carbocycles. The third-order valence-corrected chi connectivity index (χ3v) is 13.7. The Morgan fingerprint density at radius 1 is 0.675 bits per heavy atom. The van der Waals surface area contributed by atoms with Crippen LogP contribution in [0.3, 0.4) is 0 Å². The molecule has 1 aliphatic heterocycles. The molecule has 4 bridgehead atoms. The minimum absolute atomic E-state index is 0.00344. The second kappa shape index (κ2) is 31.3. The lowest BCUT2D eigenvalue weighted by Crippen LogP contribution is -2.55. The molecule has 0 unspecified atom stereocenters. The van der Waals surface area contributed by atoms with E-state index in [1.54, 1.807) is 83.1 Å². The van der Waals surface area contributed by atoms with Crippen molar-refractivity contribution in [3.63, 3.8) is 0 Å². The summed E-state index contributed by atoms with van der Waals surface area (Å²) in [6, 6.07) is 1.92. The van der Waals surface area contributed by atoms with Gasteiger partial charge in [-0.25, -0.2) is 37.1 Å². The first-order chi connectivity index (χ1) is 38.4. The van der Waals surface area contributed by atoms with Crippen molar-refractivity contribution < 1.29 is 80.3 Å². The molecule has 5 N–H and O–H groups in total. The van der Waals surface area contributed by atoms with Crippen LogP contribution in [0.15, 0.2) is 36.4 Å². The standard InChI is InChI=1S/C59H92N6O17S/c1-16-17-18-19-20-21-22-25-32-65(53(72)80-57(6,7)8)33-34-83(75,76)63-43(26-23-24-31-60-52(71)79-56(3,4)5)50(68)64(15)47-40-28-30-46(78-55(74)82-59(12,13)14)42(37-40)41-35-39(27-29-45(41)77-54(73)81-58(9,10)11)36-44(51(69)70)62-48(66)38(2)61-49(47)67/h27-30,35,37-38,43-44,47,63H,16-26,31-34,36H2,1-15H3,(H,60,71)(H,61,67)(H,62,66)(H,69,70)/t38-,43-,44-,47-/m0/s1. The van der Waals surface area contributed by atoms with Crippen LogP contribution in [0.1, 0.15) is 185 Å². The third kappa shape index (κ3) is 26.2. The van der Waals surface area contributed by atoms with Crippen molar-refractivity contribution in [2.24, 2.45) is 0 Å². The molecule has 1 aliphatic rings. The molecular weight excluding hydrogens is 1100 g/mol. The van der Waals surface area contributed by atoms with E-state index in [0.717, 1.165) is 49.8 Å². The van der Waals surface area contributed by atoms with Gasteiger partial charge in [0.2, 0.25) is 27.7 Å². The Bertz CT molecular complexity index is 2670. The number of hydrogen-bond donors (Lipinski definition) is 5. The number of ether oxygens (including phenoxy) is 6. The van der Waals surface area contributed by atoms with Crippen LogP contribution in [0.2, 0.25) is 0 Å². The number of sulfonamides is 1. The van der Waals surface area contributed by atoms with Gasteiger partial charge in [-0.1, -0.05) is 64.0 Å². The Morgan fingerprint density at radius 3 is 1.75 bits per heavy atom. The van der Waals surface area contributed by atoms with Crippen LogP contribution in [-0.4, -0.2) is 144 Å². The topological polar surface area (TPSA) is 301 Å². The molecule has 23 nitrogen and oxygen atoms in total. The van der Waals surface area contributed by atoms with Gasteiger partial charge in [0.25, 0.3) is 0 Å². The number of nitrogens with zero attached hydrogens (tertiary/aromatic N) is 2. The van der Waals surface area contributed by atoms with Crippen molar-refractivity contribution in [1.82, 2.24) is 30.5 Å². The number of unbranched alkanes of at least 4 members (excludes halogenated alkanes) is 8. The van der Waals surface area contributed by atoms with Gasteiger partial charge in [0.1, 0.15) is 58.1 Å². The first kappa shape index (κ1) is 70.6. The van der Waals surface area contributed by atoms with Crippen molar-refractivity contribution in [1.29, 1.82) is 0 Å². The Kier molecular flexibility index (Phi) is 26.6. The number of carbonyl (C=O) groups is 8. The molecule has 24 heteroatoms. The monoisotopic (exact) mass is 1190 g/mol. The minimum atomic E-state index is -4.46. The number of likely N-dealkylation sites (N-methyl/N-ethyl adjacent to an activating group) is 1. The molecule has 3 rings (SSSR count). The first-order valence-corrected chi connectivity index (χ1v) is 30.2. The number of carboxylic acid groups (broad SMARTS) is 1. The number of benzene rings is 2. The average molecular weight is 1190 g/mol. The van der Waals surface area contributed by atoms with Gasteiger partial charge in [-0.2, -0.15) is 0 Å². The van der Waals surface area contributed by atoms with E-state index in [-0.39, 0.29) is 79.1 Å². The van der Waals surface area contributed by atoms with E-state index in [1.165, 1.54) is 55.3 Å². The number of aliphatic carboxylic acids is 1. The van der Waals surface area contributed by atoms with Gasteiger partial charge in [-0.3, -0.25) is 14.4 Å². The third-order valence-electron chi connectivity index (χ3n) is 12.4. The molecule has 1 heterocycles. The van der Waals surface area contributed by atoms with E-state index in [4.69, 9.17) is 28.4 Å². The van der Waals surface area contributed by atoms with Gasteiger partial charge in [0.05, 0.1) is 5.75 Å². The predicted octanol–water partition coefficient (Wildman–Crippen LogP) is 9.47. The normalized spacial score (nSPS) is 16.4. The number of fused-ring (bicyclic) bond motifs is 5. The highest BCUT2D eigenvalue weighted by Gasteiger charge is 2.38. The summed E-state index contributed by atoms with van der Waals surface area (Å²) in [6.45, 7) is 23.3. The molecule has 0 fully saturated rings. The smallest absolute Gasteiger partial charge is 0.480 e. The lowest BCUT2D eigenvalue weighted by Gasteiger charge is -2.33. The van der Waals surface area contributed by atoms with Gasteiger partial charge in [0.15, 0.2) is 0 Å². The maximum absolute atomic E-state index is 15.2. The van der Waals surface area contributed by atoms with Gasteiger partial charge in [-0.15, -0.1) is 0 Å². The van der Waals surface area contributed by atoms with Crippen molar-refractivity contribution in [3.05, 3.63) is 47.5 Å². The van der Waals surface area contributed by atoms with Gasteiger partial charge >= 0.3 is 30.5 Å². The zero-order valence-corrected chi connectivity index (χ0v) is 52.2. The Labute approximate surface area is 490 Å². The van der Waals surface area contributed by atoms with Gasteiger partial charge in [-0.05, 0) is 151 Å². The number of amides is 5. The molecule has 5 amide bonds. The SMILES string of the molecule is CCCCCCCCCCN(CCS(=O)(=O)N[C@@H](CCCCNC(=O)OC(C)(C)C)C(=O)N(C)[C@@H]1C(=O)N[C@@H](C)C(=O)N[C@H](C(=O)O)Cc2ccc(OC(=O)OC(C)(C)C)c(c2)-c2cc1ccc2OC(=O)OC(C)(C)C)C(=O)OC(C)(C)C. The Morgan fingerprint density at radius 2 is 1.20 bits per heavy atom. The van der Waals surface area contributed by atoms with Crippen molar-refractivity contribution in [2.45, 2.75) is 221 Å². The van der Waals surface area contributed by atoms with E-state index < -0.39 is 111 Å². The fourth-order valence-corrected chi connectivity index (χ4v) is 9.76. The summed E-state index contributed by atoms with van der Waals surface area (Å²) < 4.78 is 64.7. The van der Waals surface area contributed by atoms with Gasteiger partial charge in [0, 0.05) is 44.2 Å². The lowest BCUT2D eigenvalue weighted by atomic mass is 9.93. The Balaban J connectivity index is 2.25. The van der Waals surface area contributed by atoms with E-state index in [1.807, 2.05) is 0 Å². The number of carbonyl (C=O) groups excluding carboxylic acids is 7. The maximum atomic E-state index is 15.2. The van der Waals surface area contributed by atoms with Crippen LogP contribution in [-0.2, 0) is 54.6 Å². The summed E-state index contributed by atoms with van der Waals surface area (Å²) in [7, 11) is -3.22. The van der Waals surface area contributed by atoms with Crippen molar-refractivity contribution in [3.8, 4) is 22.6 Å². The van der Waals surface area contributed by atoms with E-state index in [0.29, 0.717) is 6.42 Å². The van der Waals surface area contributed by atoms with E-state index in [9.17, 15) is 47.1 Å². The molecule has 0 aliphatic carbocycles. The predicted molar refractivity (Wildman–Crippen MR) is 311 cm³/mol. The second-order valence-corrected chi connectivity index (χ2v) is 26.6. The van der Waals surface area contributed by atoms with E-state index >= 15 is 4.79 Å². The molecule has 83 heavy (non-hydrogen) atoms. The molecule has 4 atom stereocenters. The number of carboxylic acids is 1. The van der Waals surface area contributed by atoms with E-state index in [2.05, 4.69) is 27.6 Å². The van der Waals surface area contributed by atoms with Crippen LogP contribution >= 0.6 is 0 Å². The summed E-state index contributed by atoms with van der Waals surface area (Å²) in [5.41, 5.74) is -3.48. The minimum Gasteiger partial charge on any atom is -0.480 e. The summed E-state index contributed by atoms with van der Waals surface area (Å²) in [5, 5.41) is 18.0. The van der Waals surface area contributed by atoms with Crippen LogP contribution in [0.4, 0.5) is 19.2 Å². The number of hydrogen-bond acceptors (Lipinski definition) is 16. The van der Waals surface area contributed by atoms with Crippen LogP contribution in [0.25, 0.3) is 11.1 Å². The summed E-state index contributed by atoms with van der Waals surface area (Å²) in [6.07, 6.45) is 4.06. The molecule has 2 aromatic rings. The molecular formula is C59H92N6O17S. The average Bonchev–Trinajstić information content (AvgIpc) is 2.91. The molecule has 0 spiro atoms. The fraction of sp³-hybridized carbons (Fsp3) is 0.661. The molecule has 466 valence electrons. The largest absolute Gasteiger partial charge is 0.514 e. The van der Waals surface area contributed by atoms with Gasteiger partial charge < -0.3 is 59.3 Å². The summed E-state index contributed by atoms with van der Waals surface area (Å²) >= 11 is 0. The zero-order valence-electron chi connectivity index (χ0n) is 51.4. The first-order valence-electron chi connectivity index (χ1n) is 28.5. The molecule has 0 saturated heterocycles. The highest BCUT2D eigenvalue weighted by molar-refractivity contribution is 7.89. The quantitative estimate of drug-likeness (QED) is 0.0283. The number of rotatable bonds is 24. The summed E-state index contributed by atoms with van der Waals surface area (Å²) in [5.74, 6) is -5.32. The maximum Gasteiger partial charge on any atom is 0.514 e. The molecule has 0 saturated carbocycles. The zero-order chi connectivity index (χ0) is 62.7. The number of alkyl carbamates (subject to hydrolysis) is 1. The fourth-order valence-electron chi connectivity index (χ4n) is 8.53. The molecule has 0 radical (unpaired) electrons.